The Balaban J connectivity index is 1.58. The highest BCUT2D eigenvalue weighted by atomic mass is 16.3. The maximum Gasteiger partial charge on any atom is 0.0790 e. The van der Waals surface area contributed by atoms with Crippen molar-refractivity contribution in [1.29, 1.82) is 0 Å². The van der Waals surface area contributed by atoms with Gasteiger partial charge < -0.3 is 15.3 Å². The molecule has 0 amide bonds. The van der Waals surface area contributed by atoms with Crippen molar-refractivity contribution in [1.82, 2.24) is 10.2 Å². The van der Waals surface area contributed by atoms with E-state index < -0.39 is 0 Å². The largest absolute Gasteiger partial charge is 0.388 e. The van der Waals surface area contributed by atoms with Crippen molar-refractivity contribution in [3.05, 3.63) is 34.9 Å². The average molecular weight is 316 g/mol. The highest BCUT2D eigenvalue weighted by Gasteiger charge is 2.18. The fraction of sp³-hybridized carbons (Fsp3) is 0.700. The smallest absolute Gasteiger partial charge is 0.0790 e. The predicted octanol–water partition coefficient (Wildman–Crippen LogP) is 2.92. The summed E-state index contributed by atoms with van der Waals surface area (Å²) in [5.74, 6) is 0.796. The summed E-state index contributed by atoms with van der Waals surface area (Å²) in [4.78, 5) is 2.52. The first kappa shape index (κ1) is 16.9. The van der Waals surface area contributed by atoms with Crippen molar-refractivity contribution in [2.24, 2.45) is 5.92 Å². The van der Waals surface area contributed by atoms with Gasteiger partial charge in [-0.3, -0.25) is 0 Å². The lowest BCUT2D eigenvalue weighted by molar-refractivity contribution is 0.152. The molecule has 2 N–H and O–H groups in total. The summed E-state index contributed by atoms with van der Waals surface area (Å²) in [5, 5.41) is 14.0. The molecule has 0 spiro atoms. The molecule has 128 valence electrons. The number of rotatable bonds is 5. The topological polar surface area (TPSA) is 35.5 Å². The Bertz CT molecular complexity index is 496. The van der Waals surface area contributed by atoms with Gasteiger partial charge in [-0.25, -0.2) is 0 Å². The number of fused-ring (bicyclic) bond motifs is 1. The number of aliphatic hydroxyl groups is 1. The molecule has 0 aromatic heterocycles. The van der Waals surface area contributed by atoms with E-state index in [1.807, 2.05) is 0 Å². The monoisotopic (exact) mass is 316 g/mol. The van der Waals surface area contributed by atoms with Crippen LogP contribution in [0.15, 0.2) is 18.2 Å². The van der Waals surface area contributed by atoms with Crippen LogP contribution in [-0.2, 0) is 12.8 Å². The molecule has 1 fully saturated rings. The maximum absolute atomic E-state index is 10.6. The van der Waals surface area contributed by atoms with Crippen molar-refractivity contribution in [3.8, 4) is 0 Å². The molecule has 1 aromatic rings. The highest BCUT2D eigenvalue weighted by molar-refractivity contribution is 5.34. The van der Waals surface area contributed by atoms with Gasteiger partial charge in [0.15, 0.2) is 0 Å². The fourth-order valence-electron chi connectivity index (χ4n) is 4.05. The third kappa shape index (κ3) is 4.56. The molecule has 23 heavy (non-hydrogen) atoms. The Labute approximate surface area is 141 Å². The number of nitrogens with zero attached hydrogens (tertiary/aromatic N) is 1. The zero-order chi connectivity index (χ0) is 16.1. The predicted molar refractivity (Wildman–Crippen MR) is 95.8 cm³/mol. The molecule has 2 aliphatic rings. The van der Waals surface area contributed by atoms with Crippen LogP contribution in [0.5, 0.6) is 0 Å². The van der Waals surface area contributed by atoms with Crippen LogP contribution in [-0.4, -0.2) is 42.7 Å². The van der Waals surface area contributed by atoms with Gasteiger partial charge in [-0.2, -0.15) is 0 Å². The summed E-state index contributed by atoms with van der Waals surface area (Å²) in [5.41, 5.74) is 4.07. The molecule has 0 aliphatic carbocycles. The van der Waals surface area contributed by atoms with Crippen molar-refractivity contribution >= 4 is 0 Å². The van der Waals surface area contributed by atoms with Gasteiger partial charge in [0.05, 0.1) is 6.10 Å². The highest BCUT2D eigenvalue weighted by Crippen LogP contribution is 2.27. The van der Waals surface area contributed by atoms with Gasteiger partial charge in [0.2, 0.25) is 0 Å². The lowest BCUT2D eigenvalue weighted by Gasteiger charge is -2.23. The Hall–Kier alpha value is -0.900. The Kier molecular flexibility index (Phi) is 6.09. The molecule has 2 aliphatic heterocycles. The first-order valence-corrected chi connectivity index (χ1v) is 9.49. The van der Waals surface area contributed by atoms with Gasteiger partial charge in [0.1, 0.15) is 0 Å². The molecule has 2 heterocycles. The summed E-state index contributed by atoms with van der Waals surface area (Å²) >= 11 is 0. The second-order valence-electron chi connectivity index (χ2n) is 7.25. The van der Waals surface area contributed by atoms with E-state index in [-0.39, 0.29) is 6.10 Å². The number of benzene rings is 1. The molecule has 1 unspecified atom stereocenters. The molecular formula is C20H32N2O. The molecule has 0 saturated carbocycles. The van der Waals surface area contributed by atoms with Crippen molar-refractivity contribution in [2.75, 3.05) is 32.7 Å². The quantitative estimate of drug-likeness (QED) is 0.877. The minimum absolute atomic E-state index is 0.291. The van der Waals surface area contributed by atoms with E-state index in [1.54, 1.807) is 0 Å². The number of hydrogen-bond donors (Lipinski definition) is 2. The molecule has 1 atom stereocenters. The van der Waals surface area contributed by atoms with E-state index in [1.165, 1.54) is 30.5 Å². The van der Waals surface area contributed by atoms with E-state index in [2.05, 4.69) is 35.3 Å². The summed E-state index contributed by atoms with van der Waals surface area (Å²) in [6.07, 6.45) is 6.58. The molecular weight excluding hydrogens is 284 g/mol. The molecule has 1 saturated heterocycles. The molecule has 3 rings (SSSR count). The number of aliphatic hydroxyl groups excluding tert-OH is 1. The fourth-order valence-corrected chi connectivity index (χ4v) is 4.05. The summed E-state index contributed by atoms with van der Waals surface area (Å²) < 4.78 is 0. The van der Waals surface area contributed by atoms with Crippen molar-refractivity contribution < 1.29 is 5.11 Å². The molecule has 3 heteroatoms. The number of likely N-dealkylation sites (N-methyl/N-ethyl adjacent to an activating group) is 1. The second kappa shape index (κ2) is 8.27. The Morgan fingerprint density at radius 3 is 2.65 bits per heavy atom. The normalized spacial score (nSPS) is 21.7. The van der Waals surface area contributed by atoms with Gasteiger partial charge >= 0.3 is 0 Å². The summed E-state index contributed by atoms with van der Waals surface area (Å²) in [6, 6.07) is 6.70. The van der Waals surface area contributed by atoms with Crippen molar-refractivity contribution in [3.63, 3.8) is 0 Å². The number of piperidine rings is 1. The molecule has 0 radical (unpaired) electrons. The van der Waals surface area contributed by atoms with Gasteiger partial charge in [0, 0.05) is 13.1 Å². The molecule has 3 nitrogen and oxygen atoms in total. The van der Waals surface area contributed by atoms with Crippen LogP contribution in [0.3, 0.4) is 0 Å². The summed E-state index contributed by atoms with van der Waals surface area (Å²) in [7, 11) is 0. The van der Waals surface area contributed by atoms with Crippen LogP contribution >= 0.6 is 0 Å². The standard InChI is InChI=1S/C20H32N2O/c1-2-22-13-9-17-4-5-19(15-18(17)10-14-22)20(23)6-3-16-7-11-21-12-8-16/h4-5,15-16,20-21,23H,2-3,6-14H2,1H3. The average Bonchev–Trinajstić information content (AvgIpc) is 2.82. The van der Waals surface area contributed by atoms with Crippen molar-refractivity contribution in [2.45, 2.75) is 51.6 Å². The summed E-state index contributed by atoms with van der Waals surface area (Å²) in [6.45, 7) is 7.99. The van der Waals surface area contributed by atoms with E-state index >= 15 is 0 Å². The number of hydrogen-bond acceptors (Lipinski definition) is 3. The van der Waals surface area contributed by atoms with E-state index in [4.69, 9.17) is 0 Å². The van der Waals surface area contributed by atoms with Crippen LogP contribution in [0.2, 0.25) is 0 Å². The zero-order valence-corrected chi connectivity index (χ0v) is 14.6. The molecule has 1 aromatic carbocycles. The first-order valence-electron chi connectivity index (χ1n) is 9.49. The number of nitrogens with one attached hydrogen (secondary N) is 1. The Morgan fingerprint density at radius 2 is 1.91 bits per heavy atom. The molecule has 0 bridgehead atoms. The van der Waals surface area contributed by atoms with Gasteiger partial charge in [-0.05, 0) is 80.8 Å². The van der Waals surface area contributed by atoms with E-state index in [0.29, 0.717) is 0 Å². The van der Waals surface area contributed by atoms with E-state index in [9.17, 15) is 5.11 Å². The Morgan fingerprint density at radius 1 is 1.17 bits per heavy atom. The maximum atomic E-state index is 10.6. The second-order valence-corrected chi connectivity index (χ2v) is 7.25. The lowest BCUT2D eigenvalue weighted by Crippen LogP contribution is -2.27. The van der Waals surface area contributed by atoms with Gasteiger partial charge in [-0.15, -0.1) is 0 Å². The van der Waals surface area contributed by atoms with Crippen LogP contribution in [0, 0.1) is 5.92 Å². The zero-order valence-electron chi connectivity index (χ0n) is 14.6. The lowest BCUT2D eigenvalue weighted by atomic mass is 9.90. The third-order valence-corrected chi connectivity index (χ3v) is 5.76. The van der Waals surface area contributed by atoms with Crippen LogP contribution in [0.25, 0.3) is 0 Å². The van der Waals surface area contributed by atoms with E-state index in [0.717, 1.165) is 63.3 Å². The van der Waals surface area contributed by atoms with Gasteiger partial charge in [-0.1, -0.05) is 25.1 Å². The minimum Gasteiger partial charge on any atom is -0.388 e. The minimum atomic E-state index is -0.291. The van der Waals surface area contributed by atoms with Crippen LogP contribution < -0.4 is 5.32 Å². The SMILES string of the molecule is CCN1CCc2ccc(C(O)CCC3CCNCC3)cc2CC1. The first-order chi connectivity index (χ1) is 11.3. The van der Waals surface area contributed by atoms with Gasteiger partial charge in [0.25, 0.3) is 0 Å². The third-order valence-electron chi connectivity index (χ3n) is 5.76. The van der Waals surface area contributed by atoms with Crippen LogP contribution in [0.1, 0.15) is 55.4 Å². The van der Waals surface area contributed by atoms with Crippen LogP contribution in [0.4, 0.5) is 0 Å².